The van der Waals surface area contributed by atoms with Crippen molar-refractivity contribution in [1.82, 2.24) is 15.0 Å². The third-order valence-corrected chi connectivity index (χ3v) is 6.77. The van der Waals surface area contributed by atoms with Crippen LogP contribution in [-0.2, 0) is 15.7 Å². The molecule has 1 saturated heterocycles. The molecule has 2 N–H and O–H groups in total. The molecule has 2 aromatic heterocycles. The van der Waals surface area contributed by atoms with E-state index in [2.05, 4.69) is 25.6 Å². The monoisotopic (exact) mass is 478 g/mol. The van der Waals surface area contributed by atoms with E-state index in [-0.39, 0.29) is 17.9 Å². The van der Waals surface area contributed by atoms with Crippen molar-refractivity contribution in [1.29, 1.82) is 0 Å². The van der Waals surface area contributed by atoms with Crippen LogP contribution in [0.5, 0.6) is 5.75 Å². The lowest BCUT2D eigenvalue weighted by Crippen LogP contribution is -2.59. The van der Waals surface area contributed by atoms with Crippen molar-refractivity contribution in [2.45, 2.75) is 43.9 Å². The van der Waals surface area contributed by atoms with Crippen LogP contribution in [0.25, 0.3) is 0 Å². The van der Waals surface area contributed by atoms with Crippen molar-refractivity contribution in [2.75, 3.05) is 42.4 Å². The number of carbonyl (C=O) groups excluding carboxylic acids is 1. The van der Waals surface area contributed by atoms with Gasteiger partial charge in [0.25, 0.3) is 5.91 Å². The minimum absolute atomic E-state index is 0.0995. The van der Waals surface area contributed by atoms with Crippen LogP contribution in [0.15, 0.2) is 18.3 Å². The number of hydrogen-bond acceptors (Lipinski definition) is 8. The van der Waals surface area contributed by atoms with Crippen molar-refractivity contribution in [3.05, 3.63) is 29.7 Å². The number of alkyl halides is 3. The number of ether oxygens (including phenoxy) is 2. The summed E-state index contributed by atoms with van der Waals surface area (Å²) >= 11 is 0. The summed E-state index contributed by atoms with van der Waals surface area (Å²) in [6, 6.07) is 2.35. The second-order valence-electron chi connectivity index (χ2n) is 9.05. The summed E-state index contributed by atoms with van der Waals surface area (Å²) in [5.41, 5.74) is -0.405. The number of likely N-dealkylation sites (N-methyl/N-ethyl adjacent to an activating group) is 1. The lowest BCUT2D eigenvalue weighted by Gasteiger charge is -2.42. The molecule has 2 fully saturated rings. The maximum atomic E-state index is 12.8. The van der Waals surface area contributed by atoms with E-state index in [4.69, 9.17) is 9.47 Å². The van der Waals surface area contributed by atoms with Crippen molar-refractivity contribution < 1.29 is 27.4 Å². The van der Waals surface area contributed by atoms with Crippen molar-refractivity contribution in [3.63, 3.8) is 0 Å². The van der Waals surface area contributed by atoms with E-state index in [1.54, 1.807) is 0 Å². The van der Waals surface area contributed by atoms with Crippen LogP contribution in [-0.4, -0.2) is 59.3 Å². The number of nitrogens with one attached hydrogen (secondary N) is 2. The number of anilines is 3. The van der Waals surface area contributed by atoms with E-state index < -0.39 is 17.4 Å². The molecule has 4 heterocycles. The van der Waals surface area contributed by atoms with Crippen molar-refractivity contribution in [3.8, 4) is 5.75 Å². The second kappa shape index (κ2) is 8.26. The van der Waals surface area contributed by atoms with Crippen LogP contribution >= 0.6 is 0 Å². The molecular formula is C22H25F3N6O3. The molecule has 1 spiro atoms. The van der Waals surface area contributed by atoms with Gasteiger partial charge in [-0.1, -0.05) is 0 Å². The highest BCUT2D eigenvalue weighted by Crippen LogP contribution is 2.40. The topological polar surface area (TPSA) is 102 Å². The van der Waals surface area contributed by atoms with E-state index in [9.17, 15) is 18.0 Å². The number of aryl methyl sites for hydroxylation is 1. The molecule has 2 aromatic rings. The van der Waals surface area contributed by atoms with E-state index in [1.165, 1.54) is 6.07 Å². The Kier molecular flexibility index (Phi) is 5.50. The van der Waals surface area contributed by atoms with Gasteiger partial charge in [-0.25, -0.2) is 9.97 Å². The average Bonchev–Trinajstić information content (AvgIpc) is 3.26. The van der Waals surface area contributed by atoms with Gasteiger partial charge in [-0.2, -0.15) is 18.2 Å². The fourth-order valence-electron chi connectivity index (χ4n) is 4.61. The minimum Gasteiger partial charge on any atom is -0.492 e. The highest BCUT2D eigenvalue weighted by molar-refractivity contribution is 6.06. The SMILES string of the molecule is Cc1nc(N[C@H]2C[C@@H](COc3ccc(C(F)(F)F)nc3)C2)nc2c1NC(=O)C1(CCOC1)N2C. The number of nitrogens with zero attached hydrogens (tertiary/aromatic N) is 4. The molecule has 1 unspecified atom stereocenters. The van der Waals surface area contributed by atoms with Gasteiger partial charge in [0, 0.05) is 26.1 Å². The molecule has 3 aliphatic rings. The van der Waals surface area contributed by atoms with Gasteiger partial charge >= 0.3 is 6.18 Å². The molecular weight excluding hydrogens is 453 g/mol. The Balaban J connectivity index is 1.17. The third kappa shape index (κ3) is 3.99. The molecule has 1 saturated carbocycles. The highest BCUT2D eigenvalue weighted by atomic mass is 19.4. The number of fused-ring (bicyclic) bond motifs is 1. The van der Waals surface area contributed by atoms with Crippen LogP contribution in [0.3, 0.4) is 0 Å². The third-order valence-electron chi connectivity index (χ3n) is 6.77. The average molecular weight is 478 g/mol. The Morgan fingerprint density at radius 1 is 1.32 bits per heavy atom. The minimum atomic E-state index is -4.46. The number of halogens is 3. The number of carbonyl (C=O) groups is 1. The summed E-state index contributed by atoms with van der Waals surface area (Å²) in [6.07, 6.45) is -1.14. The smallest absolute Gasteiger partial charge is 0.433 e. The van der Waals surface area contributed by atoms with E-state index >= 15 is 0 Å². The summed E-state index contributed by atoms with van der Waals surface area (Å²) in [5.74, 6) is 1.63. The van der Waals surface area contributed by atoms with Gasteiger partial charge in [0.2, 0.25) is 5.95 Å². The second-order valence-corrected chi connectivity index (χ2v) is 9.05. The summed E-state index contributed by atoms with van der Waals surface area (Å²) in [5, 5.41) is 6.30. The molecule has 0 aromatic carbocycles. The maximum absolute atomic E-state index is 12.8. The van der Waals surface area contributed by atoms with Gasteiger partial charge in [-0.15, -0.1) is 0 Å². The summed E-state index contributed by atoms with van der Waals surface area (Å²) < 4.78 is 48.9. The molecule has 5 rings (SSSR count). The Morgan fingerprint density at radius 2 is 2.12 bits per heavy atom. The van der Waals surface area contributed by atoms with Crippen LogP contribution in [0.1, 0.15) is 30.7 Å². The predicted octanol–water partition coefficient (Wildman–Crippen LogP) is 3.02. The van der Waals surface area contributed by atoms with E-state index in [0.29, 0.717) is 55.1 Å². The first-order valence-electron chi connectivity index (χ1n) is 11.1. The van der Waals surface area contributed by atoms with E-state index in [1.807, 2.05) is 18.9 Å². The molecule has 1 atom stereocenters. The van der Waals surface area contributed by atoms with Crippen molar-refractivity contribution in [2.24, 2.45) is 5.92 Å². The Bertz CT molecular complexity index is 1080. The van der Waals surface area contributed by atoms with Gasteiger partial charge < -0.3 is 25.0 Å². The number of rotatable bonds is 5. The Morgan fingerprint density at radius 3 is 2.76 bits per heavy atom. The molecule has 182 valence electrons. The normalized spacial score (nSPS) is 26.1. The predicted molar refractivity (Wildman–Crippen MR) is 117 cm³/mol. The summed E-state index contributed by atoms with van der Waals surface area (Å²) in [7, 11) is 1.86. The molecule has 1 amide bonds. The highest BCUT2D eigenvalue weighted by Gasteiger charge is 2.50. The zero-order chi connectivity index (χ0) is 24.1. The van der Waals surface area contributed by atoms with Gasteiger partial charge in [0.1, 0.15) is 22.7 Å². The Hall–Kier alpha value is -3.15. The molecule has 9 nitrogen and oxygen atoms in total. The van der Waals surface area contributed by atoms with Crippen LogP contribution in [0.4, 0.5) is 30.6 Å². The van der Waals surface area contributed by atoms with E-state index in [0.717, 1.165) is 25.1 Å². The number of amides is 1. The standard InChI is InChI=1S/C22H25F3N6O3/c1-12-17-18(31(2)21(19(32)29-17)5-6-33-11-21)30-20(27-12)28-14-7-13(8-14)10-34-15-3-4-16(26-9-15)22(23,24)25/h3-4,9,13-14H,5-8,10-11H2,1-2H3,(H,29,32)(H,27,28,30)/t13-,14+,21?. The summed E-state index contributed by atoms with van der Waals surface area (Å²) in [4.78, 5) is 27.2. The zero-order valence-electron chi connectivity index (χ0n) is 18.8. The van der Waals surface area contributed by atoms with Crippen LogP contribution in [0, 0.1) is 12.8 Å². The molecule has 0 radical (unpaired) electrons. The number of hydrogen-bond donors (Lipinski definition) is 2. The first kappa shape index (κ1) is 22.6. The van der Waals surface area contributed by atoms with Gasteiger partial charge in [-0.05, 0) is 37.8 Å². The quantitative estimate of drug-likeness (QED) is 0.677. The maximum Gasteiger partial charge on any atom is 0.433 e. The molecule has 2 aliphatic heterocycles. The lowest BCUT2D eigenvalue weighted by atomic mass is 9.81. The molecule has 34 heavy (non-hydrogen) atoms. The van der Waals surface area contributed by atoms with Crippen molar-refractivity contribution >= 4 is 23.4 Å². The summed E-state index contributed by atoms with van der Waals surface area (Å²) in [6.45, 7) is 3.07. The van der Waals surface area contributed by atoms with Gasteiger partial charge in [0.05, 0.1) is 25.1 Å². The largest absolute Gasteiger partial charge is 0.492 e. The van der Waals surface area contributed by atoms with Crippen LogP contribution < -0.4 is 20.3 Å². The number of pyridine rings is 1. The number of aromatic nitrogens is 3. The molecule has 0 bridgehead atoms. The Labute approximate surface area is 194 Å². The first-order valence-corrected chi connectivity index (χ1v) is 11.1. The molecule has 12 heteroatoms. The first-order chi connectivity index (χ1) is 16.2. The fourth-order valence-corrected chi connectivity index (χ4v) is 4.61. The fraction of sp³-hybridized carbons (Fsp3) is 0.545. The van der Waals surface area contributed by atoms with Gasteiger partial charge in [0.15, 0.2) is 5.82 Å². The molecule has 1 aliphatic carbocycles. The lowest BCUT2D eigenvalue weighted by molar-refractivity contribution is -0.141. The zero-order valence-corrected chi connectivity index (χ0v) is 18.8. The van der Waals surface area contributed by atoms with Crippen LogP contribution in [0.2, 0.25) is 0 Å². The van der Waals surface area contributed by atoms with Gasteiger partial charge in [-0.3, -0.25) is 4.79 Å².